The number of halogens is 2. The first-order valence-corrected chi connectivity index (χ1v) is 12.7. The van der Waals surface area contributed by atoms with Crippen LogP contribution in [-0.2, 0) is 26.2 Å². The van der Waals surface area contributed by atoms with Crippen LogP contribution in [0.5, 0.6) is 0 Å². The van der Waals surface area contributed by atoms with Crippen LogP contribution in [0, 0.1) is 0 Å². The summed E-state index contributed by atoms with van der Waals surface area (Å²) in [4.78, 5) is 27.5. The molecule has 1 atom stereocenters. The predicted octanol–water partition coefficient (Wildman–Crippen LogP) is 3.70. The topological polar surface area (TPSA) is 86.8 Å². The maximum Gasteiger partial charge on any atom is 0.244 e. The summed E-state index contributed by atoms with van der Waals surface area (Å²) >= 11 is 12.3. The van der Waals surface area contributed by atoms with Gasteiger partial charge in [0, 0.05) is 18.1 Å². The van der Waals surface area contributed by atoms with Crippen molar-refractivity contribution in [3.05, 3.63) is 64.1 Å². The second kappa shape index (κ2) is 11.5. The molecule has 0 fully saturated rings. The van der Waals surface area contributed by atoms with Crippen molar-refractivity contribution < 1.29 is 18.0 Å². The standard InChI is InChI=1S/C22H27Cl2N3O4S/c1-4-19(22(29)25-5-2)26(14-16-9-7-6-8-10-16)21(28)15-27(32(3,30)31)20-13-17(23)11-12-18(20)24/h6-13,19H,4-5,14-15H2,1-3H3,(H,25,29). The minimum Gasteiger partial charge on any atom is -0.355 e. The second-order valence-electron chi connectivity index (χ2n) is 7.19. The van der Waals surface area contributed by atoms with Crippen LogP contribution in [0.15, 0.2) is 48.5 Å². The Kier molecular flexibility index (Phi) is 9.36. The van der Waals surface area contributed by atoms with E-state index in [2.05, 4.69) is 5.32 Å². The highest BCUT2D eigenvalue weighted by molar-refractivity contribution is 7.92. The van der Waals surface area contributed by atoms with E-state index in [0.717, 1.165) is 16.1 Å². The van der Waals surface area contributed by atoms with Gasteiger partial charge in [0.15, 0.2) is 0 Å². The number of hydrogen-bond donors (Lipinski definition) is 1. The molecule has 32 heavy (non-hydrogen) atoms. The zero-order chi connectivity index (χ0) is 23.9. The predicted molar refractivity (Wildman–Crippen MR) is 128 cm³/mol. The number of carbonyl (C=O) groups excluding carboxylic acids is 2. The monoisotopic (exact) mass is 499 g/mol. The van der Waals surface area contributed by atoms with Crippen LogP contribution in [-0.4, -0.2) is 50.5 Å². The molecule has 2 amide bonds. The number of nitrogens with zero attached hydrogens (tertiary/aromatic N) is 2. The molecule has 2 aromatic rings. The molecular formula is C22H27Cl2N3O4S. The Morgan fingerprint density at radius 3 is 2.28 bits per heavy atom. The van der Waals surface area contributed by atoms with E-state index < -0.39 is 28.5 Å². The van der Waals surface area contributed by atoms with Gasteiger partial charge in [-0.2, -0.15) is 0 Å². The maximum atomic E-state index is 13.4. The molecule has 1 unspecified atom stereocenters. The molecule has 1 N–H and O–H groups in total. The number of rotatable bonds is 10. The number of benzene rings is 2. The van der Waals surface area contributed by atoms with Gasteiger partial charge in [-0.1, -0.05) is 60.5 Å². The Labute approximate surface area is 199 Å². The second-order valence-corrected chi connectivity index (χ2v) is 9.94. The van der Waals surface area contributed by atoms with E-state index in [9.17, 15) is 18.0 Å². The first-order chi connectivity index (χ1) is 15.1. The molecule has 2 aromatic carbocycles. The molecule has 0 saturated heterocycles. The number of anilines is 1. The summed E-state index contributed by atoms with van der Waals surface area (Å²) in [5.74, 6) is -0.834. The van der Waals surface area contributed by atoms with E-state index in [1.54, 1.807) is 13.8 Å². The summed E-state index contributed by atoms with van der Waals surface area (Å²) in [6.45, 7) is 3.63. The normalized spacial score (nSPS) is 12.2. The number of amides is 2. The summed E-state index contributed by atoms with van der Waals surface area (Å²) in [5.41, 5.74) is 0.913. The first kappa shape index (κ1) is 26.0. The zero-order valence-electron chi connectivity index (χ0n) is 18.2. The molecule has 0 aromatic heterocycles. The van der Waals surface area contributed by atoms with Crippen molar-refractivity contribution in [2.45, 2.75) is 32.9 Å². The van der Waals surface area contributed by atoms with Gasteiger partial charge in [-0.05, 0) is 37.1 Å². The Hall–Kier alpha value is -2.29. The Morgan fingerprint density at radius 1 is 1.06 bits per heavy atom. The molecule has 174 valence electrons. The largest absolute Gasteiger partial charge is 0.355 e. The van der Waals surface area contributed by atoms with Crippen LogP contribution >= 0.6 is 23.2 Å². The Morgan fingerprint density at radius 2 is 1.72 bits per heavy atom. The van der Waals surface area contributed by atoms with E-state index in [0.29, 0.717) is 13.0 Å². The van der Waals surface area contributed by atoms with Crippen molar-refractivity contribution in [2.75, 3.05) is 23.7 Å². The molecule has 0 bridgehead atoms. The molecule has 0 saturated carbocycles. The fourth-order valence-electron chi connectivity index (χ4n) is 3.26. The Balaban J connectivity index is 2.45. The van der Waals surface area contributed by atoms with Crippen molar-refractivity contribution >= 4 is 50.7 Å². The Bertz CT molecular complexity index is 1050. The van der Waals surface area contributed by atoms with Crippen LogP contribution in [0.1, 0.15) is 25.8 Å². The maximum absolute atomic E-state index is 13.4. The smallest absolute Gasteiger partial charge is 0.244 e. The molecule has 0 aliphatic carbocycles. The van der Waals surface area contributed by atoms with Crippen molar-refractivity contribution in [1.29, 1.82) is 0 Å². The van der Waals surface area contributed by atoms with Crippen LogP contribution in [0.2, 0.25) is 10.0 Å². The van der Waals surface area contributed by atoms with Gasteiger partial charge in [0.25, 0.3) is 0 Å². The minimum atomic E-state index is -3.88. The molecule has 7 nitrogen and oxygen atoms in total. The number of hydrogen-bond acceptors (Lipinski definition) is 4. The third-order valence-electron chi connectivity index (χ3n) is 4.79. The highest BCUT2D eigenvalue weighted by Gasteiger charge is 2.32. The van der Waals surface area contributed by atoms with Gasteiger partial charge >= 0.3 is 0 Å². The van der Waals surface area contributed by atoms with Crippen molar-refractivity contribution in [2.24, 2.45) is 0 Å². The van der Waals surface area contributed by atoms with Gasteiger partial charge in [-0.3, -0.25) is 13.9 Å². The molecule has 0 spiro atoms. The van der Waals surface area contributed by atoms with Crippen LogP contribution in [0.25, 0.3) is 0 Å². The number of likely N-dealkylation sites (N-methyl/N-ethyl adjacent to an activating group) is 1. The lowest BCUT2D eigenvalue weighted by atomic mass is 10.1. The molecule has 10 heteroatoms. The number of sulfonamides is 1. The van der Waals surface area contributed by atoms with Gasteiger partial charge in [0.05, 0.1) is 17.0 Å². The van der Waals surface area contributed by atoms with Gasteiger partial charge in [-0.25, -0.2) is 8.42 Å². The third kappa shape index (κ3) is 6.85. The molecule has 0 heterocycles. The fraction of sp³-hybridized carbons (Fsp3) is 0.364. The van der Waals surface area contributed by atoms with Crippen LogP contribution in [0.3, 0.4) is 0 Å². The highest BCUT2D eigenvalue weighted by atomic mass is 35.5. The molecule has 2 rings (SSSR count). The average molecular weight is 500 g/mol. The average Bonchev–Trinajstić information content (AvgIpc) is 2.73. The summed E-state index contributed by atoms with van der Waals surface area (Å²) in [5, 5.41) is 3.16. The summed E-state index contributed by atoms with van der Waals surface area (Å²) in [7, 11) is -3.88. The number of nitrogens with one attached hydrogen (secondary N) is 1. The van der Waals surface area contributed by atoms with E-state index >= 15 is 0 Å². The van der Waals surface area contributed by atoms with Crippen LogP contribution in [0.4, 0.5) is 5.69 Å². The van der Waals surface area contributed by atoms with E-state index in [4.69, 9.17) is 23.2 Å². The van der Waals surface area contributed by atoms with Gasteiger partial charge in [0.1, 0.15) is 12.6 Å². The lowest BCUT2D eigenvalue weighted by Gasteiger charge is -2.33. The summed E-state index contributed by atoms with van der Waals surface area (Å²) in [6, 6.07) is 12.8. The van der Waals surface area contributed by atoms with E-state index in [1.807, 2.05) is 30.3 Å². The van der Waals surface area contributed by atoms with E-state index in [-0.39, 0.29) is 28.2 Å². The molecule has 0 aliphatic rings. The highest BCUT2D eigenvalue weighted by Crippen LogP contribution is 2.31. The van der Waals surface area contributed by atoms with Crippen LogP contribution < -0.4 is 9.62 Å². The van der Waals surface area contributed by atoms with Crippen molar-refractivity contribution in [3.63, 3.8) is 0 Å². The summed E-state index contributed by atoms with van der Waals surface area (Å²) < 4.78 is 26.0. The molecule has 0 aliphatic heterocycles. The lowest BCUT2D eigenvalue weighted by molar-refractivity contribution is -0.140. The first-order valence-electron chi connectivity index (χ1n) is 10.1. The van der Waals surface area contributed by atoms with E-state index in [1.165, 1.54) is 23.1 Å². The SMILES string of the molecule is CCNC(=O)C(CC)N(Cc1ccccc1)C(=O)CN(c1cc(Cl)ccc1Cl)S(C)(=O)=O. The third-order valence-corrected chi connectivity index (χ3v) is 6.47. The number of carbonyl (C=O) groups is 2. The van der Waals surface area contributed by atoms with Gasteiger partial charge in [-0.15, -0.1) is 0 Å². The van der Waals surface area contributed by atoms with Crippen molar-refractivity contribution in [1.82, 2.24) is 10.2 Å². The summed E-state index contributed by atoms with van der Waals surface area (Å²) in [6.07, 6.45) is 1.35. The van der Waals surface area contributed by atoms with Crippen molar-refractivity contribution in [3.8, 4) is 0 Å². The minimum absolute atomic E-state index is 0.0979. The molecular weight excluding hydrogens is 473 g/mol. The fourth-order valence-corrected chi connectivity index (χ4v) is 4.55. The molecule has 0 radical (unpaired) electrons. The zero-order valence-corrected chi connectivity index (χ0v) is 20.5. The van der Waals surface area contributed by atoms with Gasteiger partial charge < -0.3 is 10.2 Å². The lowest BCUT2D eigenvalue weighted by Crippen LogP contribution is -2.52. The van der Waals surface area contributed by atoms with Gasteiger partial charge in [0.2, 0.25) is 21.8 Å². The quantitative estimate of drug-likeness (QED) is 0.539.